The molecule has 0 fully saturated rings. The molecule has 0 aromatic rings. The maximum atomic E-state index is 3.97. The van der Waals surface area contributed by atoms with Crippen LogP contribution in [0.3, 0.4) is 0 Å². The lowest BCUT2D eigenvalue weighted by Gasteiger charge is -2.04. The predicted molar refractivity (Wildman–Crippen MR) is 48.9 cm³/mol. The second-order valence-electron chi connectivity index (χ2n) is 2.80. The molecule has 2 heteroatoms. The summed E-state index contributed by atoms with van der Waals surface area (Å²) in [4.78, 5) is 6.20. The summed E-state index contributed by atoms with van der Waals surface area (Å²) in [5.41, 5.74) is 2.41. The molecule has 2 nitrogen and oxygen atoms in total. The Labute approximate surface area is 67.9 Å². The van der Waals surface area contributed by atoms with Gasteiger partial charge >= 0.3 is 0 Å². The van der Waals surface area contributed by atoms with Crippen LogP contribution in [0.5, 0.6) is 0 Å². The van der Waals surface area contributed by atoms with E-state index in [1.165, 1.54) is 5.57 Å². The number of allylic oxidation sites excluding steroid dienone is 1. The Morgan fingerprint density at radius 3 is 2.82 bits per heavy atom. The number of rotatable bonds is 2. The van der Waals surface area contributed by atoms with Crippen LogP contribution in [0.2, 0.25) is 0 Å². The highest BCUT2D eigenvalue weighted by molar-refractivity contribution is 5.38. The molecule has 0 unspecified atom stereocenters. The standard InChI is InChI=1S/C9H14N2/c1-4-5-8-6-11(3)7-9(8)10-2/h4-5H,2,6-7H2,1,3H3/b5-4-. The lowest BCUT2D eigenvalue weighted by atomic mass is 10.2. The molecule has 60 valence electrons. The van der Waals surface area contributed by atoms with Crippen LogP contribution in [0, 0.1) is 0 Å². The van der Waals surface area contributed by atoms with Crippen molar-refractivity contribution in [2.45, 2.75) is 6.92 Å². The van der Waals surface area contributed by atoms with E-state index in [1.807, 2.05) is 13.0 Å². The molecule has 1 aliphatic heterocycles. The van der Waals surface area contributed by atoms with Gasteiger partial charge in [0.1, 0.15) is 0 Å². The average Bonchev–Trinajstić information content (AvgIpc) is 2.32. The van der Waals surface area contributed by atoms with Crippen molar-refractivity contribution in [1.82, 2.24) is 4.90 Å². The normalized spacial score (nSPS) is 20.2. The van der Waals surface area contributed by atoms with Crippen LogP contribution in [0.4, 0.5) is 0 Å². The Balaban J connectivity index is 2.79. The lowest BCUT2D eigenvalue weighted by molar-refractivity contribution is 0.425. The molecule has 0 radical (unpaired) electrons. The summed E-state index contributed by atoms with van der Waals surface area (Å²) in [6, 6.07) is 0. The van der Waals surface area contributed by atoms with Crippen molar-refractivity contribution in [2.24, 2.45) is 4.99 Å². The van der Waals surface area contributed by atoms with Gasteiger partial charge in [-0.05, 0) is 26.3 Å². The third kappa shape index (κ3) is 1.77. The van der Waals surface area contributed by atoms with Crippen LogP contribution in [0.15, 0.2) is 28.4 Å². The fourth-order valence-corrected chi connectivity index (χ4v) is 1.30. The lowest BCUT2D eigenvalue weighted by Crippen LogP contribution is -2.14. The van der Waals surface area contributed by atoms with Gasteiger partial charge in [-0.2, -0.15) is 0 Å². The zero-order chi connectivity index (χ0) is 8.27. The SMILES string of the molecule is C=NC1=C(/C=C\C)CN(C)C1. The number of hydrogen-bond acceptors (Lipinski definition) is 2. The second kappa shape index (κ2) is 3.49. The summed E-state index contributed by atoms with van der Waals surface area (Å²) in [5, 5.41) is 0. The molecule has 11 heavy (non-hydrogen) atoms. The molecule has 1 heterocycles. The van der Waals surface area contributed by atoms with Crippen LogP contribution < -0.4 is 0 Å². The summed E-state index contributed by atoms with van der Waals surface area (Å²) in [7, 11) is 2.08. The van der Waals surface area contributed by atoms with Gasteiger partial charge < -0.3 is 0 Å². The summed E-state index contributed by atoms with van der Waals surface area (Å²) in [5.74, 6) is 0. The fourth-order valence-electron chi connectivity index (χ4n) is 1.30. The van der Waals surface area contributed by atoms with Crippen molar-refractivity contribution < 1.29 is 0 Å². The summed E-state index contributed by atoms with van der Waals surface area (Å²) < 4.78 is 0. The fraction of sp³-hybridized carbons (Fsp3) is 0.444. The molecule has 1 rings (SSSR count). The number of hydrogen-bond donors (Lipinski definition) is 0. The van der Waals surface area contributed by atoms with Gasteiger partial charge in [-0.3, -0.25) is 9.89 Å². The second-order valence-corrected chi connectivity index (χ2v) is 2.80. The Hall–Kier alpha value is -0.890. The molecular formula is C9H14N2. The maximum Gasteiger partial charge on any atom is 0.0581 e. The van der Waals surface area contributed by atoms with Gasteiger partial charge in [0.2, 0.25) is 0 Å². The van der Waals surface area contributed by atoms with Crippen LogP contribution in [0.25, 0.3) is 0 Å². The first-order chi connectivity index (χ1) is 5.27. The van der Waals surface area contributed by atoms with E-state index >= 15 is 0 Å². The Kier molecular flexibility index (Phi) is 2.60. The quantitative estimate of drug-likeness (QED) is 0.544. The number of aliphatic imine (C=N–C) groups is 1. The number of nitrogens with zero attached hydrogens (tertiary/aromatic N) is 2. The first kappa shape index (κ1) is 8.21. The van der Waals surface area contributed by atoms with E-state index in [2.05, 4.69) is 29.7 Å². The van der Waals surface area contributed by atoms with E-state index < -0.39 is 0 Å². The van der Waals surface area contributed by atoms with Crippen molar-refractivity contribution >= 4 is 6.72 Å². The zero-order valence-electron chi connectivity index (χ0n) is 7.17. The maximum absolute atomic E-state index is 3.97. The first-order valence-corrected chi connectivity index (χ1v) is 3.78. The Morgan fingerprint density at radius 2 is 2.27 bits per heavy atom. The monoisotopic (exact) mass is 150 g/mol. The molecule has 0 aromatic carbocycles. The molecule has 0 N–H and O–H groups in total. The van der Waals surface area contributed by atoms with Crippen molar-refractivity contribution in [3.05, 3.63) is 23.4 Å². The van der Waals surface area contributed by atoms with Crippen molar-refractivity contribution in [3.63, 3.8) is 0 Å². The van der Waals surface area contributed by atoms with E-state index in [-0.39, 0.29) is 0 Å². The largest absolute Gasteiger partial charge is 0.296 e. The minimum absolute atomic E-state index is 0.934. The van der Waals surface area contributed by atoms with E-state index in [9.17, 15) is 0 Å². The molecule has 0 aromatic heterocycles. The van der Waals surface area contributed by atoms with Gasteiger partial charge in [-0.1, -0.05) is 12.2 Å². The summed E-state index contributed by atoms with van der Waals surface area (Å²) in [6.07, 6.45) is 4.15. The average molecular weight is 150 g/mol. The van der Waals surface area contributed by atoms with Gasteiger partial charge in [0.25, 0.3) is 0 Å². The van der Waals surface area contributed by atoms with Crippen molar-refractivity contribution in [2.75, 3.05) is 20.1 Å². The van der Waals surface area contributed by atoms with Crippen molar-refractivity contribution in [1.29, 1.82) is 0 Å². The highest BCUT2D eigenvalue weighted by atomic mass is 15.1. The molecule has 0 saturated carbocycles. The van der Waals surface area contributed by atoms with Gasteiger partial charge in [-0.15, -0.1) is 0 Å². The molecule has 0 saturated heterocycles. The smallest absolute Gasteiger partial charge is 0.0581 e. The molecular weight excluding hydrogens is 136 g/mol. The van der Waals surface area contributed by atoms with Crippen molar-refractivity contribution in [3.8, 4) is 0 Å². The van der Waals surface area contributed by atoms with Gasteiger partial charge in [-0.25, -0.2) is 0 Å². The Morgan fingerprint density at radius 1 is 1.55 bits per heavy atom. The van der Waals surface area contributed by atoms with Crippen LogP contribution >= 0.6 is 0 Å². The van der Waals surface area contributed by atoms with Crippen LogP contribution in [0.1, 0.15) is 6.92 Å². The molecule has 0 aliphatic carbocycles. The molecule has 0 spiro atoms. The number of likely N-dealkylation sites (N-methyl/N-ethyl adjacent to an activating group) is 1. The minimum atomic E-state index is 0.934. The van der Waals surface area contributed by atoms with E-state index in [0.29, 0.717) is 0 Å². The summed E-state index contributed by atoms with van der Waals surface area (Å²) >= 11 is 0. The molecule has 0 amide bonds. The molecule has 0 bridgehead atoms. The van der Waals surface area contributed by atoms with E-state index in [1.54, 1.807) is 0 Å². The predicted octanol–water partition coefficient (Wildman–Crippen LogP) is 1.46. The zero-order valence-corrected chi connectivity index (χ0v) is 7.17. The minimum Gasteiger partial charge on any atom is -0.296 e. The third-order valence-electron chi connectivity index (χ3n) is 1.79. The van der Waals surface area contributed by atoms with Gasteiger partial charge in [0, 0.05) is 13.1 Å². The van der Waals surface area contributed by atoms with Gasteiger partial charge in [0.05, 0.1) is 5.70 Å². The topological polar surface area (TPSA) is 15.6 Å². The van der Waals surface area contributed by atoms with Crippen LogP contribution in [-0.4, -0.2) is 31.8 Å². The highest BCUT2D eigenvalue weighted by Gasteiger charge is 2.14. The Bertz CT molecular complexity index is 214. The highest BCUT2D eigenvalue weighted by Crippen LogP contribution is 2.17. The third-order valence-corrected chi connectivity index (χ3v) is 1.79. The summed E-state index contributed by atoms with van der Waals surface area (Å²) in [6.45, 7) is 7.49. The van der Waals surface area contributed by atoms with E-state index in [0.717, 1.165) is 18.8 Å². The molecule has 1 aliphatic rings. The van der Waals surface area contributed by atoms with Crippen LogP contribution in [-0.2, 0) is 0 Å². The van der Waals surface area contributed by atoms with E-state index in [4.69, 9.17) is 0 Å². The van der Waals surface area contributed by atoms with Gasteiger partial charge in [0.15, 0.2) is 0 Å². The first-order valence-electron chi connectivity index (χ1n) is 3.78. The molecule has 0 atom stereocenters.